The van der Waals surface area contributed by atoms with Crippen LogP contribution in [0.1, 0.15) is 45.6 Å². The maximum Gasteiger partial charge on any atom is 0.223 e. The van der Waals surface area contributed by atoms with E-state index in [0.29, 0.717) is 24.3 Å². The lowest BCUT2D eigenvalue weighted by Gasteiger charge is -2.36. The Labute approximate surface area is 183 Å². The highest BCUT2D eigenvalue weighted by molar-refractivity contribution is 5.85. The number of carbonyl (C=O) groups is 1. The highest BCUT2D eigenvalue weighted by Gasteiger charge is 2.35. The first kappa shape index (κ1) is 25.1. The molecule has 0 unspecified atom stereocenters. The van der Waals surface area contributed by atoms with E-state index < -0.39 is 0 Å². The number of halogens is 2. The van der Waals surface area contributed by atoms with Crippen LogP contribution in [0.3, 0.4) is 0 Å². The summed E-state index contributed by atoms with van der Waals surface area (Å²) in [6.07, 6.45) is 3.49. The number of nitrogens with zero attached hydrogens (tertiary/aromatic N) is 1. The molecule has 1 amide bonds. The number of piperazine rings is 1. The van der Waals surface area contributed by atoms with Crippen LogP contribution in [-0.2, 0) is 11.3 Å². The smallest absolute Gasteiger partial charge is 0.223 e. The zero-order valence-corrected chi connectivity index (χ0v) is 19.1. The van der Waals surface area contributed by atoms with Gasteiger partial charge in [0.15, 0.2) is 0 Å². The van der Waals surface area contributed by atoms with Crippen LogP contribution in [0.2, 0.25) is 0 Å². The molecule has 0 bridgehead atoms. The van der Waals surface area contributed by atoms with Gasteiger partial charge in [0.1, 0.15) is 0 Å². The Balaban J connectivity index is 0.00000196. The second-order valence-electron chi connectivity index (χ2n) is 8.55. The molecule has 1 aromatic carbocycles. The molecule has 4 nitrogen and oxygen atoms in total. The molecular formula is C22H37Cl2N3O. The van der Waals surface area contributed by atoms with Gasteiger partial charge in [-0.25, -0.2) is 0 Å². The Kier molecular flexibility index (Phi) is 10.6. The Hall–Kier alpha value is -0.970. The molecule has 1 saturated heterocycles. The van der Waals surface area contributed by atoms with Gasteiger partial charge in [-0.3, -0.25) is 4.79 Å². The van der Waals surface area contributed by atoms with Crippen molar-refractivity contribution in [1.29, 1.82) is 0 Å². The van der Waals surface area contributed by atoms with Crippen molar-refractivity contribution in [2.75, 3.05) is 31.1 Å². The fourth-order valence-corrected chi connectivity index (χ4v) is 4.57. The number of hydrogen-bond acceptors (Lipinski definition) is 3. The Bertz CT molecular complexity index is 588. The van der Waals surface area contributed by atoms with E-state index in [-0.39, 0.29) is 36.6 Å². The van der Waals surface area contributed by atoms with Gasteiger partial charge in [-0.15, -0.1) is 24.8 Å². The molecule has 3 rings (SSSR count). The van der Waals surface area contributed by atoms with Gasteiger partial charge in [-0.2, -0.15) is 0 Å². The Morgan fingerprint density at radius 2 is 1.79 bits per heavy atom. The van der Waals surface area contributed by atoms with Crippen LogP contribution in [0.4, 0.5) is 5.69 Å². The second kappa shape index (κ2) is 11.9. The Morgan fingerprint density at radius 1 is 1.14 bits per heavy atom. The van der Waals surface area contributed by atoms with Crippen LogP contribution >= 0.6 is 24.8 Å². The van der Waals surface area contributed by atoms with E-state index in [4.69, 9.17) is 0 Å². The summed E-state index contributed by atoms with van der Waals surface area (Å²) in [6, 6.07) is 8.68. The monoisotopic (exact) mass is 429 g/mol. The number of hydrogen-bond donors (Lipinski definition) is 2. The average molecular weight is 430 g/mol. The van der Waals surface area contributed by atoms with Gasteiger partial charge in [0.2, 0.25) is 5.91 Å². The third-order valence-electron chi connectivity index (χ3n) is 6.24. The van der Waals surface area contributed by atoms with E-state index >= 15 is 0 Å². The van der Waals surface area contributed by atoms with Crippen molar-refractivity contribution in [3.63, 3.8) is 0 Å². The maximum atomic E-state index is 12.8. The molecular weight excluding hydrogens is 393 g/mol. The summed E-state index contributed by atoms with van der Waals surface area (Å²) in [5.74, 6) is 2.21. The van der Waals surface area contributed by atoms with Crippen LogP contribution in [0.5, 0.6) is 0 Å². The highest BCUT2D eigenvalue weighted by atomic mass is 35.5. The number of amides is 1. The van der Waals surface area contributed by atoms with Gasteiger partial charge >= 0.3 is 0 Å². The summed E-state index contributed by atoms with van der Waals surface area (Å²) in [7, 11) is 0. The van der Waals surface area contributed by atoms with E-state index in [2.05, 4.69) is 60.6 Å². The molecule has 0 radical (unpaired) electrons. The molecule has 0 aromatic heterocycles. The van der Waals surface area contributed by atoms with Gasteiger partial charge in [0.25, 0.3) is 0 Å². The largest absolute Gasteiger partial charge is 0.369 e. The average Bonchev–Trinajstić information content (AvgIpc) is 2.67. The molecule has 160 valence electrons. The normalized spacial score (nSPS) is 24.9. The van der Waals surface area contributed by atoms with Gasteiger partial charge < -0.3 is 15.5 Å². The zero-order chi connectivity index (χ0) is 18.5. The van der Waals surface area contributed by atoms with Crippen molar-refractivity contribution in [1.82, 2.24) is 10.6 Å². The first-order chi connectivity index (χ1) is 12.5. The lowest BCUT2D eigenvalue weighted by molar-refractivity contribution is -0.129. The SMILES string of the molecule is CC(C)[C@@H]1CC[C@@H](C)C[C@H]1C(=O)NCc1ccc(N2CCNCC2)cc1.Cl.Cl. The van der Waals surface area contributed by atoms with Gasteiger partial charge in [-0.1, -0.05) is 39.3 Å². The number of rotatable bonds is 5. The molecule has 2 N–H and O–H groups in total. The summed E-state index contributed by atoms with van der Waals surface area (Å²) < 4.78 is 0. The second-order valence-corrected chi connectivity index (χ2v) is 8.55. The summed E-state index contributed by atoms with van der Waals surface area (Å²) in [5, 5.41) is 6.60. The third-order valence-corrected chi connectivity index (χ3v) is 6.24. The van der Waals surface area contributed by atoms with Crippen LogP contribution in [0.25, 0.3) is 0 Å². The Morgan fingerprint density at radius 3 is 2.39 bits per heavy atom. The molecule has 28 heavy (non-hydrogen) atoms. The van der Waals surface area contributed by atoms with Crippen molar-refractivity contribution in [2.45, 2.75) is 46.6 Å². The lowest BCUT2D eigenvalue weighted by atomic mass is 9.70. The molecule has 2 fully saturated rings. The molecule has 2 aliphatic rings. The van der Waals surface area contributed by atoms with Crippen molar-refractivity contribution in [3.8, 4) is 0 Å². The standard InChI is InChI=1S/C22H35N3O.2ClH/c1-16(2)20-9-4-17(3)14-21(20)22(26)24-15-18-5-7-19(8-6-18)25-12-10-23-11-13-25;;/h5-8,16-17,20-21,23H,4,9-15H2,1-3H3,(H,24,26);2*1H/t17-,20+,21-;;/m1../s1. The fourth-order valence-electron chi connectivity index (χ4n) is 4.57. The summed E-state index contributed by atoms with van der Waals surface area (Å²) in [5.41, 5.74) is 2.46. The van der Waals surface area contributed by atoms with Gasteiger partial charge in [-0.05, 0) is 48.3 Å². The number of carbonyl (C=O) groups excluding carboxylic acids is 1. The van der Waals surface area contributed by atoms with Crippen molar-refractivity contribution >= 4 is 36.4 Å². The van der Waals surface area contributed by atoms with Crippen LogP contribution in [0, 0.1) is 23.7 Å². The molecule has 0 spiro atoms. The minimum absolute atomic E-state index is 0. The van der Waals surface area contributed by atoms with Crippen LogP contribution in [-0.4, -0.2) is 32.1 Å². The number of nitrogens with one attached hydrogen (secondary N) is 2. The number of benzene rings is 1. The molecule has 1 heterocycles. The van der Waals surface area contributed by atoms with E-state index in [0.717, 1.165) is 32.6 Å². The van der Waals surface area contributed by atoms with Crippen LogP contribution in [0.15, 0.2) is 24.3 Å². The molecule has 1 aliphatic carbocycles. The predicted octanol–water partition coefficient (Wildman–Crippen LogP) is 4.26. The summed E-state index contributed by atoms with van der Waals surface area (Å²) in [6.45, 7) is 11.7. The highest BCUT2D eigenvalue weighted by Crippen LogP contribution is 2.38. The zero-order valence-electron chi connectivity index (χ0n) is 17.4. The quantitative estimate of drug-likeness (QED) is 0.734. The first-order valence-corrected chi connectivity index (χ1v) is 10.4. The van der Waals surface area contributed by atoms with E-state index in [1.165, 1.54) is 24.1 Å². The summed E-state index contributed by atoms with van der Waals surface area (Å²) in [4.78, 5) is 15.2. The molecule has 1 aromatic rings. The van der Waals surface area contributed by atoms with Gasteiger partial charge in [0.05, 0.1) is 0 Å². The van der Waals surface area contributed by atoms with E-state index in [9.17, 15) is 4.79 Å². The summed E-state index contributed by atoms with van der Waals surface area (Å²) >= 11 is 0. The molecule has 1 aliphatic heterocycles. The van der Waals surface area contributed by atoms with Crippen molar-refractivity contribution < 1.29 is 4.79 Å². The van der Waals surface area contributed by atoms with Crippen molar-refractivity contribution in [2.24, 2.45) is 23.7 Å². The topological polar surface area (TPSA) is 44.4 Å². The fraction of sp³-hybridized carbons (Fsp3) is 0.682. The first-order valence-electron chi connectivity index (χ1n) is 10.4. The van der Waals surface area contributed by atoms with Crippen LogP contribution < -0.4 is 15.5 Å². The van der Waals surface area contributed by atoms with Gasteiger partial charge in [0, 0.05) is 44.3 Å². The maximum absolute atomic E-state index is 12.8. The lowest BCUT2D eigenvalue weighted by Crippen LogP contribution is -2.43. The van der Waals surface area contributed by atoms with Crippen molar-refractivity contribution in [3.05, 3.63) is 29.8 Å². The molecule has 6 heteroatoms. The molecule has 3 atom stereocenters. The van der Waals surface area contributed by atoms with E-state index in [1.807, 2.05) is 0 Å². The third kappa shape index (κ3) is 6.53. The van der Waals surface area contributed by atoms with E-state index in [1.54, 1.807) is 0 Å². The predicted molar refractivity (Wildman–Crippen MR) is 123 cm³/mol. The minimum Gasteiger partial charge on any atom is -0.369 e. The minimum atomic E-state index is 0. The number of anilines is 1. The molecule has 1 saturated carbocycles.